The minimum atomic E-state index is -0.168. The van der Waals surface area contributed by atoms with Gasteiger partial charge in [0.05, 0.1) is 11.1 Å². The summed E-state index contributed by atoms with van der Waals surface area (Å²) in [5.41, 5.74) is 3.70. The first-order chi connectivity index (χ1) is 12.2. The van der Waals surface area contributed by atoms with Gasteiger partial charge in [-0.3, -0.25) is 19.4 Å². The first-order valence-electron chi connectivity index (χ1n) is 8.66. The van der Waals surface area contributed by atoms with E-state index in [1.807, 2.05) is 6.07 Å². The van der Waals surface area contributed by atoms with Crippen molar-refractivity contribution >= 4 is 17.4 Å². The van der Waals surface area contributed by atoms with E-state index in [0.717, 1.165) is 19.5 Å². The van der Waals surface area contributed by atoms with Crippen LogP contribution in [0.5, 0.6) is 0 Å². The second kappa shape index (κ2) is 6.65. The predicted molar refractivity (Wildman–Crippen MR) is 97.3 cm³/mol. The van der Waals surface area contributed by atoms with Gasteiger partial charge in [0.1, 0.15) is 0 Å². The monoisotopic (exact) mass is 332 g/mol. The van der Waals surface area contributed by atoms with Crippen LogP contribution in [0.4, 0.5) is 0 Å². The number of fused-ring (bicyclic) bond motifs is 1. The summed E-state index contributed by atoms with van der Waals surface area (Å²) in [5.74, 6) is -0.337. The Bertz CT molecular complexity index is 807. The molecule has 4 nitrogen and oxygen atoms in total. The predicted octanol–water partition coefficient (Wildman–Crippen LogP) is 3.07. The summed E-state index contributed by atoms with van der Waals surface area (Å²) in [5, 5.41) is 0. The van der Waals surface area contributed by atoms with Crippen LogP contribution in [-0.2, 0) is 0 Å². The summed E-state index contributed by atoms with van der Waals surface area (Å²) in [6, 6.07) is 17.5. The van der Waals surface area contributed by atoms with Gasteiger partial charge in [0.2, 0.25) is 0 Å². The second-order valence-electron chi connectivity index (χ2n) is 6.45. The molecule has 4 heteroatoms. The number of hydrogen-bond donors (Lipinski definition) is 0. The van der Waals surface area contributed by atoms with Crippen molar-refractivity contribution in [3.8, 4) is 0 Å². The van der Waals surface area contributed by atoms with Crippen molar-refractivity contribution in [2.75, 3.05) is 26.2 Å². The first-order valence-corrected chi connectivity index (χ1v) is 8.66. The van der Waals surface area contributed by atoms with E-state index >= 15 is 0 Å². The van der Waals surface area contributed by atoms with Crippen molar-refractivity contribution in [3.63, 3.8) is 0 Å². The van der Waals surface area contributed by atoms with Gasteiger partial charge >= 0.3 is 0 Å². The lowest BCUT2D eigenvalue weighted by molar-refractivity contribution is 0.0638. The summed E-state index contributed by atoms with van der Waals surface area (Å²) < 4.78 is 0. The van der Waals surface area contributed by atoms with E-state index in [1.54, 1.807) is 24.3 Å². The minimum Gasteiger partial charge on any atom is -0.298 e. The van der Waals surface area contributed by atoms with E-state index in [9.17, 15) is 9.59 Å². The maximum Gasteiger partial charge on any atom is 0.261 e. The maximum atomic E-state index is 12.4. The van der Waals surface area contributed by atoms with Gasteiger partial charge in [0.15, 0.2) is 0 Å². The average molecular weight is 332 g/mol. The third-order valence-electron chi connectivity index (χ3n) is 4.96. The van der Waals surface area contributed by atoms with Gasteiger partial charge in [-0.1, -0.05) is 48.5 Å². The molecule has 0 aromatic heterocycles. The number of carbonyl (C=O) groups is 2. The number of imide groups is 1. The summed E-state index contributed by atoms with van der Waals surface area (Å²) in [7, 11) is 0. The molecule has 2 aliphatic rings. The molecule has 0 fully saturated rings. The van der Waals surface area contributed by atoms with Gasteiger partial charge in [-0.05, 0) is 29.7 Å². The lowest BCUT2D eigenvalue weighted by Gasteiger charge is -2.28. The Balaban J connectivity index is 1.37. The highest BCUT2D eigenvalue weighted by molar-refractivity contribution is 6.21. The van der Waals surface area contributed by atoms with Crippen molar-refractivity contribution in [2.45, 2.75) is 6.42 Å². The summed E-state index contributed by atoms with van der Waals surface area (Å²) in [4.78, 5) is 28.4. The average Bonchev–Trinajstić information content (AvgIpc) is 2.92. The van der Waals surface area contributed by atoms with Crippen LogP contribution in [0.1, 0.15) is 32.7 Å². The molecule has 0 spiro atoms. The largest absolute Gasteiger partial charge is 0.298 e. The third-order valence-corrected chi connectivity index (χ3v) is 4.96. The van der Waals surface area contributed by atoms with Gasteiger partial charge in [-0.15, -0.1) is 0 Å². The summed E-state index contributed by atoms with van der Waals surface area (Å²) in [6.07, 6.45) is 3.24. The van der Waals surface area contributed by atoms with E-state index < -0.39 is 0 Å². The quantitative estimate of drug-likeness (QED) is 0.808. The van der Waals surface area contributed by atoms with E-state index in [4.69, 9.17) is 0 Å². The number of nitrogens with zero attached hydrogens (tertiary/aromatic N) is 2. The van der Waals surface area contributed by atoms with Crippen LogP contribution in [0.15, 0.2) is 60.7 Å². The zero-order valence-electron chi connectivity index (χ0n) is 14.0. The zero-order chi connectivity index (χ0) is 17.2. The molecule has 2 amide bonds. The lowest BCUT2D eigenvalue weighted by Crippen LogP contribution is -2.39. The molecule has 2 aromatic carbocycles. The van der Waals surface area contributed by atoms with E-state index in [1.165, 1.54) is 16.0 Å². The van der Waals surface area contributed by atoms with Crippen LogP contribution in [-0.4, -0.2) is 47.8 Å². The van der Waals surface area contributed by atoms with Gasteiger partial charge in [-0.2, -0.15) is 0 Å². The fraction of sp³-hybridized carbons (Fsp3) is 0.238. The lowest BCUT2D eigenvalue weighted by atomic mass is 10.00. The Labute approximate surface area is 147 Å². The second-order valence-corrected chi connectivity index (χ2v) is 6.45. The minimum absolute atomic E-state index is 0.168. The molecule has 2 heterocycles. The van der Waals surface area contributed by atoms with Crippen LogP contribution in [0.2, 0.25) is 0 Å². The van der Waals surface area contributed by atoms with E-state index in [-0.39, 0.29) is 11.8 Å². The van der Waals surface area contributed by atoms with Crippen LogP contribution in [0, 0.1) is 0 Å². The van der Waals surface area contributed by atoms with Crippen molar-refractivity contribution < 1.29 is 9.59 Å². The topological polar surface area (TPSA) is 40.6 Å². The standard InChI is InChI=1S/C21H20N2O2/c24-20-18-8-4-5-9-19(18)21(25)23(20)15-14-22-12-10-17(11-13-22)16-6-2-1-3-7-16/h1-10H,11-15H2. The molecular weight excluding hydrogens is 312 g/mol. The van der Waals surface area contributed by atoms with E-state index in [0.29, 0.717) is 24.2 Å². The molecule has 2 aliphatic heterocycles. The van der Waals surface area contributed by atoms with Crippen molar-refractivity contribution in [1.82, 2.24) is 9.80 Å². The Morgan fingerprint density at radius 1 is 0.800 bits per heavy atom. The van der Waals surface area contributed by atoms with Crippen molar-refractivity contribution in [2.24, 2.45) is 0 Å². The smallest absolute Gasteiger partial charge is 0.261 e. The molecule has 0 saturated carbocycles. The maximum absolute atomic E-state index is 12.4. The molecule has 0 bridgehead atoms. The Kier molecular flexibility index (Phi) is 4.20. The molecule has 25 heavy (non-hydrogen) atoms. The number of rotatable bonds is 4. The molecule has 0 aliphatic carbocycles. The van der Waals surface area contributed by atoms with Crippen LogP contribution in [0.25, 0.3) is 5.57 Å². The molecule has 2 aromatic rings. The highest BCUT2D eigenvalue weighted by atomic mass is 16.2. The fourth-order valence-corrected chi connectivity index (χ4v) is 3.51. The normalized spacial score (nSPS) is 17.6. The molecule has 0 N–H and O–H groups in total. The molecule has 0 radical (unpaired) electrons. The number of benzene rings is 2. The number of carbonyl (C=O) groups excluding carboxylic acids is 2. The highest BCUT2D eigenvalue weighted by Crippen LogP contribution is 2.24. The Morgan fingerprint density at radius 2 is 1.44 bits per heavy atom. The van der Waals surface area contributed by atoms with Crippen molar-refractivity contribution in [3.05, 3.63) is 77.4 Å². The Morgan fingerprint density at radius 3 is 2.04 bits per heavy atom. The molecule has 0 saturated heterocycles. The molecule has 126 valence electrons. The third kappa shape index (κ3) is 3.01. The molecule has 0 unspecified atom stereocenters. The molecule has 4 rings (SSSR count). The highest BCUT2D eigenvalue weighted by Gasteiger charge is 2.34. The van der Waals surface area contributed by atoms with Gasteiger partial charge in [-0.25, -0.2) is 0 Å². The zero-order valence-corrected chi connectivity index (χ0v) is 14.0. The van der Waals surface area contributed by atoms with Gasteiger partial charge in [0, 0.05) is 26.2 Å². The van der Waals surface area contributed by atoms with Crippen LogP contribution in [0.3, 0.4) is 0 Å². The summed E-state index contributed by atoms with van der Waals surface area (Å²) in [6.45, 7) is 2.96. The number of hydrogen-bond acceptors (Lipinski definition) is 3. The summed E-state index contributed by atoms with van der Waals surface area (Å²) >= 11 is 0. The SMILES string of the molecule is O=C1c2ccccc2C(=O)N1CCN1CC=C(c2ccccc2)CC1. The Hall–Kier alpha value is -2.72. The fourth-order valence-electron chi connectivity index (χ4n) is 3.51. The first kappa shape index (κ1) is 15.8. The van der Waals surface area contributed by atoms with Gasteiger partial charge < -0.3 is 0 Å². The molecular formula is C21H20N2O2. The van der Waals surface area contributed by atoms with Crippen LogP contribution >= 0.6 is 0 Å². The van der Waals surface area contributed by atoms with Crippen LogP contribution < -0.4 is 0 Å². The molecule has 0 atom stereocenters. The number of amides is 2. The van der Waals surface area contributed by atoms with Gasteiger partial charge in [0.25, 0.3) is 11.8 Å². The van der Waals surface area contributed by atoms with E-state index in [2.05, 4.69) is 35.2 Å². The van der Waals surface area contributed by atoms with Crippen molar-refractivity contribution in [1.29, 1.82) is 0 Å².